The van der Waals surface area contributed by atoms with Crippen LogP contribution >= 0.6 is 0 Å². The summed E-state index contributed by atoms with van der Waals surface area (Å²) in [5, 5.41) is 2.57. The van der Waals surface area contributed by atoms with Crippen LogP contribution in [0, 0.1) is 5.92 Å². The van der Waals surface area contributed by atoms with Crippen molar-refractivity contribution in [1.82, 2.24) is 14.3 Å². The fourth-order valence-corrected chi connectivity index (χ4v) is 3.86. The van der Waals surface area contributed by atoms with Crippen molar-refractivity contribution >= 4 is 22.2 Å². The van der Waals surface area contributed by atoms with Gasteiger partial charge in [-0.15, -0.1) is 0 Å². The lowest BCUT2D eigenvalue weighted by atomic mass is 10.1. The van der Waals surface area contributed by atoms with E-state index in [0.717, 1.165) is 4.31 Å². The Morgan fingerprint density at radius 1 is 1.21 bits per heavy atom. The van der Waals surface area contributed by atoms with Crippen molar-refractivity contribution in [2.75, 3.05) is 13.1 Å². The highest BCUT2D eigenvalue weighted by Gasteiger charge is 2.61. The van der Waals surface area contributed by atoms with Gasteiger partial charge in [-0.25, -0.2) is 9.52 Å². The highest BCUT2D eigenvalue weighted by molar-refractivity contribution is 7.87. The first-order valence-corrected chi connectivity index (χ1v) is 9.69. The quantitative estimate of drug-likeness (QED) is 0.711. The van der Waals surface area contributed by atoms with Gasteiger partial charge < -0.3 is 10.1 Å². The summed E-state index contributed by atoms with van der Waals surface area (Å²) in [6, 6.07) is 0. The molecule has 1 unspecified atom stereocenters. The molecule has 24 heavy (non-hydrogen) atoms. The van der Waals surface area contributed by atoms with Gasteiger partial charge in [0, 0.05) is 13.1 Å². The van der Waals surface area contributed by atoms with E-state index in [-0.39, 0.29) is 19.0 Å². The Hall–Kier alpha value is -1.35. The summed E-state index contributed by atoms with van der Waals surface area (Å²) in [5.41, 5.74) is -1.93. The van der Waals surface area contributed by atoms with Crippen LogP contribution in [0.3, 0.4) is 0 Å². The molecule has 0 aliphatic heterocycles. The standard InChI is InChI=1S/C15H29N3O5S/c1-7-11-10-15(11,16-13(20)23-14(4,5)6)12(19)17-24(21,22)18(8-2)9-3/h11H,7-10H2,1-6H3,(H,16,20)(H,17,19)/t11?,15-/m1/s1. The van der Waals surface area contributed by atoms with Gasteiger partial charge in [-0.2, -0.15) is 12.7 Å². The molecule has 2 amide bonds. The van der Waals surface area contributed by atoms with Crippen molar-refractivity contribution < 1.29 is 22.7 Å². The van der Waals surface area contributed by atoms with E-state index in [1.807, 2.05) is 6.92 Å². The molecule has 1 saturated carbocycles. The molecular weight excluding hydrogens is 334 g/mol. The molecule has 1 fully saturated rings. The van der Waals surface area contributed by atoms with Gasteiger partial charge in [0.1, 0.15) is 11.1 Å². The van der Waals surface area contributed by atoms with Crippen LogP contribution in [0.15, 0.2) is 0 Å². The SMILES string of the molecule is CCC1C[C@]1(NC(=O)OC(C)(C)C)C(=O)NS(=O)(=O)N(CC)CC. The number of carbonyl (C=O) groups is 2. The van der Waals surface area contributed by atoms with Crippen molar-refractivity contribution in [3.8, 4) is 0 Å². The van der Waals surface area contributed by atoms with Crippen molar-refractivity contribution in [2.45, 2.75) is 65.5 Å². The average Bonchev–Trinajstić information content (AvgIpc) is 3.11. The minimum Gasteiger partial charge on any atom is -0.444 e. The molecule has 2 N–H and O–H groups in total. The van der Waals surface area contributed by atoms with Gasteiger partial charge in [0.15, 0.2) is 0 Å². The van der Waals surface area contributed by atoms with Crippen LogP contribution in [-0.2, 0) is 19.7 Å². The summed E-state index contributed by atoms with van der Waals surface area (Å²) < 4.78 is 32.9. The molecule has 8 nitrogen and oxygen atoms in total. The van der Waals surface area contributed by atoms with Crippen molar-refractivity contribution in [2.24, 2.45) is 5.92 Å². The third kappa shape index (κ3) is 4.83. The van der Waals surface area contributed by atoms with E-state index in [0.29, 0.717) is 12.8 Å². The first kappa shape index (κ1) is 20.7. The monoisotopic (exact) mass is 363 g/mol. The molecule has 9 heteroatoms. The molecule has 0 aromatic rings. The largest absolute Gasteiger partial charge is 0.444 e. The molecule has 0 bridgehead atoms. The van der Waals surface area contributed by atoms with Crippen LogP contribution in [0.2, 0.25) is 0 Å². The van der Waals surface area contributed by atoms with Gasteiger partial charge in [0.2, 0.25) is 0 Å². The van der Waals surface area contributed by atoms with Crippen LogP contribution < -0.4 is 10.0 Å². The summed E-state index contributed by atoms with van der Waals surface area (Å²) >= 11 is 0. The summed E-state index contributed by atoms with van der Waals surface area (Å²) in [7, 11) is -3.93. The van der Waals surface area contributed by atoms with Crippen molar-refractivity contribution in [3.63, 3.8) is 0 Å². The molecule has 0 spiro atoms. The summed E-state index contributed by atoms with van der Waals surface area (Å²) in [6.07, 6.45) is 0.311. The van der Waals surface area contributed by atoms with Crippen LogP contribution in [0.1, 0.15) is 54.4 Å². The maximum absolute atomic E-state index is 12.6. The zero-order chi connectivity index (χ0) is 18.8. The normalized spacial score (nSPS) is 23.7. The minimum absolute atomic E-state index is 0.114. The molecule has 1 rings (SSSR count). The van der Waals surface area contributed by atoms with Crippen molar-refractivity contribution in [3.05, 3.63) is 0 Å². The van der Waals surface area contributed by atoms with Gasteiger partial charge in [0.05, 0.1) is 0 Å². The van der Waals surface area contributed by atoms with Crippen LogP contribution in [0.5, 0.6) is 0 Å². The fourth-order valence-electron chi connectivity index (χ4n) is 2.63. The van der Waals surface area contributed by atoms with Gasteiger partial charge in [-0.05, 0) is 33.1 Å². The zero-order valence-electron chi connectivity index (χ0n) is 15.3. The second-order valence-electron chi connectivity index (χ2n) is 6.93. The Labute approximate surface area is 144 Å². The molecule has 0 aromatic heterocycles. The Morgan fingerprint density at radius 2 is 1.75 bits per heavy atom. The first-order valence-electron chi connectivity index (χ1n) is 8.25. The third-order valence-corrected chi connectivity index (χ3v) is 5.63. The molecule has 2 atom stereocenters. The average molecular weight is 363 g/mol. The number of hydrogen-bond donors (Lipinski definition) is 2. The number of nitrogens with one attached hydrogen (secondary N) is 2. The molecule has 1 aliphatic carbocycles. The molecule has 140 valence electrons. The zero-order valence-corrected chi connectivity index (χ0v) is 16.1. The van der Waals surface area contributed by atoms with E-state index in [4.69, 9.17) is 4.74 Å². The molecule has 0 aromatic carbocycles. The van der Waals surface area contributed by atoms with Crippen molar-refractivity contribution in [1.29, 1.82) is 0 Å². The summed E-state index contributed by atoms with van der Waals surface area (Å²) in [4.78, 5) is 24.6. The molecule has 1 aliphatic rings. The maximum Gasteiger partial charge on any atom is 0.408 e. The minimum atomic E-state index is -3.93. The Bertz CT molecular complexity index is 580. The number of rotatable bonds is 7. The van der Waals surface area contributed by atoms with Gasteiger partial charge >= 0.3 is 16.3 Å². The van der Waals surface area contributed by atoms with E-state index < -0.39 is 33.3 Å². The maximum atomic E-state index is 12.6. The van der Waals surface area contributed by atoms with Crippen LogP contribution in [-0.4, -0.2) is 49.0 Å². The van der Waals surface area contributed by atoms with Gasteiger partial charge in [-0.1, -0.05) is 27.2 Å². The highest BCUT2D eigenvalue weighted by atomic mass is 32.2. The molecule has 0 heterocycles. The predicted molar refractivity (Wildman–Crippen MR) is 90.5 cm³/mol. The fraction of sp³-hybridized carbons (Fsp3) is 0.867. The number of alkyl carbamates (subject to hydrolysis) is 1. The van der Waals surface area contributed by atoms with Gasteiger partial charge in [0.25, 0.3) is 5.91 Å². The van der Waals surface area contributed by atoms with E-state index >= 15 is 0 Å². The number of ether oxygens (including phenoxy) is 1. The van der Waals surface area contributed by atoms with Crippen LogP contribution in [0.25, 0.3) is 0 Å². The van der Waals surface area contributed by atoms with E-state index in [1.54, 1.807) is 34.6 Å². The van der Waals surface area contributed by atoms with E-state index in [1.165, 1.54) is 0 Å². The third-order valence-electron chi connectivity index (χ3n) is 3.99. The van der Waals surface area contributed by atoms with Gasteiger partial charge in [-0.3, -0.25) is 4.79 Å². The molecule has 0 saturated heterocycles. The van der Waals surface area contributed by atoms with Crippen LogP contribution in [0.4, 0.5) is 4.79 Å². The Kier molecular flexibility index (Phi) is 6.26. The Morgan fingerprint density at radius 3 is 2.12 bits per heavy atom. The lowest BCUT2D eigenvalue weighted by Gasteiger charge is -2.25. The number of nitrogens with zero attached hydrogens (tertiary/aromatic N) is 1. The van der Waals surface area contributed by atoms with E-state index in [9.17, 15) is 18.0 Å². The lowest BCUT2D eigenvalue weighted by Crippen LogP contribution is -2.55. The lowest BCUT2D eigenvalue weighted by molar-refractivity contribution is -0.122. The topological polar surface area (TPSA) is 105 Å². The number of hydrogen-bond acceptors (Lipinski definition) is 5. The predicted octanol–water partition coefficient (Wildman–Crippen LogP) is 1.38. The Balaban J connectivity index is 2.89. The van der Waals surface area contributed by atoms with E-state index in [2.05, 4.69) is 10.0 Å². The number of carbonyl (C=O) groups excluding carboxylic acids is 2. The molecule has 0 radical (unpaired) electrons. The molecular formula is C15H29N3O5S. The first-order chi connectivity index (χ1) is 10.9. The smallest absolute Gasteiger partial charge is 0.408 e. The second kappa shape index (κ2) is 7.26. The highest BCUT2D eigenvalue weighted by Crippen LogP contribution is 2.46. The summed E-state index contributed by atoms with van der Waals surface area (Å²) in [5.74, 6) is -0.830. The second-order valence-corrected chi connectivity index (χ2v) is 8.60. The summed E-state index contributed by atoms with van der Waals surface area (Å²) in [6.45, 7) is 10.9. The number of amides is 2.